The fraction of sp³-hybridized carbons (Fsp3) is 0.273. The van der Waals surface area contributed by atoms with Gasteiger partial charge in [-0.2, -0.15) is 0 Å². The maximum absolute atomic E-state index is 13.9. The van der Waals surface area contributed by atoms with Crippen molar-refractivity contribution >= 4 is 23.6 Å². The Morgan fingerprint density at radius 1 is 1.23 bits per heavy atom. The number of benzene rings is 2. The molecule has 9 heteroatoms. The summed E-state index contributed by atoms with van der Waals surface area (Å²) < 4.78 is 24.5. The number of hydrogen-bond acceptors (Lipinski definition) is 6. The topological polar surface area (TPSA) is 100 Å². The molecule has 0 radical (unpaired) electrons. The highest BCUT2D eigenvalue weighted by molar-refractivity contribution is 5.99. The average Bonchev–Trinajstić information content (AvgIpc) is 2.81. The predicted molar refractivity (Wildman–Crippen MR) is 113 cm³/mol. The van der Waals surface area contributed by atoms with E-state index in [1.54, 1.807) is 24.3 Å². The quantitative estimate of drug-likeness (QED) is 0.354. The molecule has 2 amide bonds. The van der Waals surface area contributed by atoms with E-state index in [0.29, 0.717) is 43.3 Å². The number of methoxy groups -OCH3 is 1. The predicted octanol–water partition coefficient (Wildman–Crippen LogP) is 2.12. The van der Waals surface area contributed by atoms with E-state index < -0.39 is 17.6 Å². The van der Waals surface area contributed by atoms with Gasteiger partial charge in [0.1, 0.15) is 11.6 Å². The normalized spacial score (nSPS) is 13.8. The van der Waals surface area contributed by atoms with Crippen LogP contribution in [0.1, 0.15) is 21.5 Å². The van der Waals surface area contributed by atoms with E-state index in [9.17, 15) is 14.0 Å². The summed E-state index contributed by atoms with van der Waals surface area (Å²) in [7, 11) is 1.50. The van der Waals surface area contributed by atoms with Gasteiger partial charge in [0.2, 0.25) is 0 Å². The van der Waals surface area contributed by atoms with E-state index in [4.69, 9.17) is 14.7 Å². The first-order valence-electron chi connectivity index (χ1n) is 9.71. The van der Waals surface area contributed by atoms with Crippen LogP contribution in [-0.4, -0.2) is 50.4 Å². The lowest BCUT2D eigenvalue weighted by atomic mass is 10.1. The number of hydroxylamine groups is 1. The van der Waals surface area contributed by atoms with Crippen LogP contribution < -0.4 is 20.4 Å². The molecule has 31 heavy (non-hydrogen) atoms. The molecule has 0 spiro atoms. The lowest BCUT2D eigenvalue weighted by Gasteiger charge is -2.30. The number of rotatable bonds is 7. The monoisotopic (exact) mass is 429 g/mol. The number of ether oxygens (including phenoxy) is 2. The van der Waals surface area contributed by atoms with Gasteiger partial charge < -0.3 is 19.7 Å². The van der Waals surface area contributed by atoms with Crippen LogP contribution in [0.25, 0.3) is 6.08 Å². The SMILES string of the molecule is COc1ccc(CNC(=O)c2cc(F)ccc2N2CCOCC2)cc1/C=C/C(=O)NO. The summed E-state index contributed by atoms with van der Waals surface area (Å²) in [6, 6.07) is 9.41. The number of halogens is 1. The third-order valence-corrected chi connectivity index (χ3v) is 4.83. The summed E-state index contributed by atoms with van der Waals surface area (Å²) >= 11 is 0. The lowest BCUT2D eigenvalue weighted by molar-refractivity contribution is -0.124. The van der Waals surface area contributed by atoms with Crippen molar-refractivity contribution in [2.45, 2.75) is 6.54 Å². The Balaban J connectivity index is 1.75. The van der Waals surface area contributed by atoms with Gasteiger partial charge in [0.25, 0.3) is 11.8 Å². The van der Waals surface area contributed by atoms with Gasteiger partial charge in [0, 0.05) is 37.0 Å². The largest absolute Gasteiger partial charge is 0.496 e. The second-order valence-electron chi connectivity index (χ2n) is 6.83. The van der Waals surface area contributed by atoms with E-state index in [1.807, 2.05) is 4.90 Å². The number of carbonyl (C=O) groups is 2. The zero-order chi connectivity index (χ0) is 22.2. The Kier molecular flexibility index (Phi) is 7.58. The van der Waals surface area contributed by atoms with E-state index in [2.05, 4.69) is 5.32 Å². The average molecular weight is 429 g/mol. The number of hydrogen-bond donors (Lipinski definition) is 3. The van der Waals surface area contributed by atoms with Gasteiger partial charge in [-0.25, -0.2) is 9.87 Å². The maximum Gasteiger partial charge on any atom is 0.267 e. The minimum atomic E-state index is -0.678. The van der Waals surface area contributed by atoms with Gasteiger partial charge in [-0.1, -0.05) is 6.07 Å². The molecule has 1 aliphatic rings. The van der Waals surface area contributed by atoms with E-state index >= 15 is 0 Å². The molecule has 0 saturated carbocycles. The molecule has 2 aromatic carbocycles. The van der Waals surface area contributed by atoms with Gasteiger partial charge in [-0.15, -0.1) is 0 Å². The number of nitrogens with one attached hydrogen (secondary N) is 2. The van der Waals surface area contributed by atoms with Crippen LogP contribution in [0.15, 0.2) is 42.5 Å². The van der Waals surface area contributed by atoms with Gasteiger partial charge in [-0.3, -0.25) is 14.8 Å². The molecule has 0 bridgehead atoms. The standard InChI is InChI=1S/C22H24FN3O5/c1-30-20-6-2-15(12-16(20)3-7-21(27)25-29)14-24-22(28)18-13-17(23)4-5-19(18)26-8-10-31-11-9-26/h2-7,12-13,29H,8-11,14H2,1H3,(H,24,28)(H,25,27)/b7-3+. The summed E-state index contributed by atoms with van der Waals surface area (Å²) in [4.78, 5) is 26.1. The van der Waals surface area contributed by atoms with E-state index in [-0.39, 0.29) is 12.1 Å². The Morgan fingerprint density at radius 3 is 2.71 bits per heavy atom. The van der Waals surface area contributed by atoms with Crippen LogP contribution in [0.4, 0.5) is 10.1 Å². The highest BCUT2D eigenvalue weighted by atomic mass is 19.1. The van der Waals surface area contributed by atoms with E-state index in [0.717, 1.165) is 11.6 Å². The summed E-state index contributed by atoms with van der Waals surface area (Å²) in [5.41, 5.74) is 3.79. The van der Waals surface area contributed by atoms with Crippen molar-refractivity contribution in [3.05, 3.63) is 65.0 Å². The Morgan fingerprint density at radius 2 is 2.00 bits per heavy atom. The number of morpholine rings is 1. The zero-order valence-corrected chi connectivity index (χ0v) is 17.1. The van der Waals surface area contributed by atoms with Crippen molar-refractivity contribution < 1.29 is 28.7 Å². The van der Waals surface area contributed by atoms with Gasteiger partial charge in [0.15, 0.2) is 0 Å². The second-order valence-corrected chi connectivity index (χ2v) is 6.83. The van der Waals surface area contributed by atoms with Crippen molar-refractivity contribution in [2.75, 3.05) is 38.3 Å². The van der Waals surface area contributed by atoms with Crippen molar-refractivity contribution in [3.63, 3.8) is 0 Å². The first-order chi connectivity index (χ1) is 15.0. The fourth-order valence-electron chi connectivity index (χ4n) is 3.27. The molecule has 164 valence electrons. The molecule has 8 nitrogen and oxygen atoms in total. The molecule has 0 unspecified atom stereocenters. The molecule has 1 saturated heterocycles. The minimum Gasteiger partial charge on any atom is -0.496 e. The van der Waals surface area contributed by atoms with Crippen LogP contribution in [0.2, 0.25) is 0 Å². The van der Waals surface area contributed by atoms with Crippen molar-refractivity contribution in [3.8, 4) is 5.75 Å². The highest BCUT2D eigenvalue weighted by Gasteiger charge is 2.19. The number of anilines is 1. The van der Waals surface area contributed by atoms with Gasteiger partial charge >= 0.3 is 0 Å². The molecular formula is C22H24FN3O5. The van der Waals surface area contributed by atoms with Crippen LogP contribution >= 0.6 is 0 Å². The number of nitrogens with zero attached hydrogens (tertiary/aromatic N) is 1. The summed E-state index contributed by atoms with van der Waals surface area (Å²) in [6.45, 7) is 2.54. The molecule has 1 aliphatic heterocycles. The Hall–Kier alpha value is -3.43. The third kappa shape index (κ3) is 5.80. The summed E-state index contributed by atoms with van der Waals surface area (Å²) in [5.74, 6) is -1.03. The third-order valence-electron chi connectivity index (χ3n) is 4.83. The second kappa shape index (κ2) is 10.6. The van der Waals surface area contributed by atoms with Crippen molar-refractivity contribution in [1.29, 1.82) is 0 Å². The number of carbonyl (C=O) groups excluding carboxylic acids is 2. The minimum absolute atomic E-state index is 0.189. The summed E-state index contributed by atoms with van der Waals surface area (Å²) in [6.07, 6.45) is 2.64. The molecule has 0 aliphatic carbocycles. The molecule has 1 heterocycles. The fourth-order valence-corrected chi connectivity index (χ4v) is 3.27. The molecule has 0 atom stereocenters. The zero-order valence-electron chi connectivity index (χ0n) is 17.1. The van der Waals surface area contributed by atoms with Crippen molar-refractivity contribution in [1.82, 2.24) is 10.8 Å². The smallest absolute Gasteiger partial charge is 0.267 e. The van der Waals surface area contributed by atoms with Crippen LogP contribution in [0.3, 0.4) is 0 Å². The first-order valence-corrected chi connectivity index (χ1v) is 9.71. The van der Waals surface area contributed by atoms with Gasteiger partial charge in [0.05, 0.1) is 25.9 Å². The van der Waals surface area contributed by atoms with E-state index in [1.165, 1.54) is 30.8 Å². The molecule has 1 fully saturated rings. The first kappa shape index (κ1) is 22.3. The van der Waals surface area contributed by atoms with Crippen LogP contribution in [0.5, 0.6) is 5.75 Å². The lowest BCUT2D eigenvalue weighted by Crippen LogP contribution is -2.38. The molecule has 3 rings (SSSR count). The van der Waals surface area contributed by atoms with Crippen LogP contribution in [0, 0.1) is 5.82 Å². The van der Waals surface area contributed by atoms with Crippen LogP contribution in [-0.2, 0) is 16.1 Å². The Labute approximate surface area is 179 Å². The highest BCUT2D eigenvalue weighted by Crippen LogP contribution is 2.24. The van der Waals surface area contributed by atoms with Gasteiger partial charge in [-0.05, 0) is 42.0 Å². The molecule has 2 aromatic rings. The molecular weight excluding hydrogens is 405 g/mol. The summed E-state index contributed by atoms with van der Waals surface area (Å²) in [5, 5.41) is 11.4. The van der Waals surface area contributed by atoms with Crippen molar-refractivity contribution in [2.24, 2.45) is 0 Å². The molecule has 0 aromatic heterocycles. The maximum atomic E-state index is 13.9. The number of amides is 2. The Bertz CT molecular complexity index is 974. The molecule has 3 N–H and O–H groups in total.